The van der Waals surface area contributed by atoms with Gasteiger partial charge in [-0.25, -0.2) is 0 Å². The molecule has 2 nitrogen and oxygen atoms in total. The van der Waals surface area contributed by atoms with E-state index in [0.717, 1.165) is 23.4 Å². The summed E-state index contributed by atoms with van der Waals surface area (Å²) in [5.74, 6) is 1.81. The van der Waals surface area contributed by atoms with E-state index in [4.69, 9.17) is 11.6 Å². The third-order valence-electron chi connectivity index (χ3n) is 3.79. The van der Waals surface area contributed by atoms with Gasteiger partial charge in [-0.05, 0) is 44.0 Å². The Kier molecular flexibility index (Phi) is 3.20. The smallest absolute Gasteiger partial charge is 0.0516 e. The maximum Gasteiger partial charge on any atom is 0.0516 e. The molecule has 0 saturated carbocycles. The summed E-state index contributed by atoms with van der Waals surface area (Å²) in [7, 11) is 0. The van der Waals surface area contributed by atoms with Crippen molar-refractivity contribution in [3.05, 3.63) is 21.3 Å². The molecular formula is C12H17ClN2S. The third kappa shape index (κ3) is 2.28. The number of halogens is 1. The first-order valence-electron chi connectivity index (χ1n) is 5.97. The van der Waals surface area contributed by atoms with Crippen LogP contribution in [0.2, 0.25) is 5.02 Å². The third-order valence-corrected chi connectivity index (χ3v) is 5.06. The number of hydrogen-bond acceptors (Lipinski definition) is 3. The molecule has 1 N–H and O–H groups in total. The van der Waals surface area contributed by atoms with Crippen molar-refractivity contribution >= 4 is 22.9 Å². The fraction of sp³-hybridized carbons (Fsp3) is 0.667. The van der Waals surface area contributed by atoms with Crippen LogP contribution in [-0.4, -0.2) is 31.1 Å². The van der Waals surface area contributed by atoms with Gasteiger partial charge in [-0.3, -0.25) is 4.90 Å². The maximum absolute atomic E-state index is 5.95. The van der Waals surface area contributed by atoms with Gasteiger partial charge in [0.1, 0.15) is 0 Å². The van der Waals surface area contributed by atoms with Gasteiger partial charge in [0.2, 0.25) is 0 Å². The van der Waals surface area contributed by atoms with E-state index in [1.54, 1.807) is 11.3 Å². The molecule has 16 heavy (non-hydrogen) atoms. The summed E-state index contributed by atoms with van der Waals surface area (Å²) in [6.07, 6.45) is 1.36. The summed E-state index contributed by atoms with van der Waals surface area (Å²) in [6, 6.07) is 2.10. The van der Waals surface area contributed by atoms with E-state index in [-0.39, 0.29) is 0 Å². The maximum atomic E-state index is 5.95. The van der Waals surface area contributed by atoms with Crippen LogP contribution in [0.1, 0.15) is 11.3 Å². The second-order valence-corrected chi connectivity index (χ2v) is 6.37. The van der Waals surface area contributed by atoms with Crippen LogP contribution in [0.3, 0.4) is 0 Å². The lowest BCUT2D eigenvalue weighted by Crippen LogP contribution is -2.39. The highest BCUT2D eigenvalue weighted by Gasteiger charge is 2.32. The number of hydrogen-bond donors (Lipinski definition) is 1. The molecule has 3 heterocycles. The topological polar surface area (TPSA) is 15.3 Å². The van der Waals surface area contributed by atoms with Crippen molar-refractivity contribution < 1.29 is 0 Å². The van der Waals surface area contributed by atoms with Crippen molar-refractivity contribution in [2.75, 3.05) is 26.2 Å². The number of rotatable bonds is 2. The zero-order valence-electron chi connectivity index (χ0n) is 9.29. The summed E-state index contributed by atoms with van der Waals surface area (Å²) in [5.41, 5.74) is 0. The Balaban J connectivity index is 1.60. The lowest BCUT2D eigenvalue weighted by Gasteiger charge is -2.34. The van der Waals surface area contributed by atoms with Gasteiger partial charge in [-0.1, -0.05) is 11.6 Å². The molecule has 88 valence electrons. The predicted octanol–water partition coefficient (Wildman–Crippen LogP) is 2.44. The number of nitrogens with one attached hydrogen (secondary N) is 1. The molecule has 0 aliphatic carbocycles. The molecule has 2 aliphatic heterocycles. The van der Waals surface area contributed by atoms with Gasteiger partial charge < -0.3 is 5.32 Å². The quantitative estimate of drug-likeness (QED) is 0.875. The van der Waals surface area contributed by atoms with Gasteiger partial charge in [-0.2, -0.15) is 0 Å². The zero-order valence-corrected chi connectivity index (χ0v) is 10.9. The Hall–Kier alpha value is -0.0900. The minimum Gasteiger partial charge on any atom is -0.316 e. The molecule has 0 aromatic carbocycles. The largest absolute Gasteiger partial charge is 0.316 e. The zero-order chi connectivity index (χ0) is 11.0. The van der Waals surface area contributed by atoms with E-state index in [1.807, 2.05) is 5.38 Å². The monoisotopic (exact) mass is 256 g/mol. The summed E-state index contributed by atoms with van der Waals surface area (Å²) in [4.78, 5) is 3.98. The van der Waals surface area contributed by atoms with E-state index in [9.17, 15) is 0 Å². The van der Waals surface area contributed by atoms with Gasteiger partial charge in [-0.15, -0.1) is 11.3 Å². The van der Waals surface area contributed by atoms with E-state index >= 15 is 0 Å². The molecule has 0 bridgehead atoms. The molecule has 0 spiro atoms. The summed E-state index contributed by atoms with van der Waals surface area (Å²) in [5, 5.41) is 6.42. The van der Waals surface area contributed by atoms with Crippen LogP contribution in [0.5, 0.6) is 0 Å². The van der Waals surface area contributed by atoms with Crippen LogP contribution in [0.25, 0.3) is 0 Å². The molecule has 2 unspecified atom stereocenters. The van der Waals surface area contributed by atoms with Crippen molar-refractivity contribution in [2.24, 2.45) is 11.8 Å². The molecule has 2 saturated heterocycles. The van der Waals surface area contributed by atoms with Crippen LogP contribution < -0.4 is 5.32 Å². The second-order valence-electron chi connectivity index (χ2n) is 4.93. The van der Waals surface area contributed by atoms with Crippen molar-refractivity contribution in [1.82, 2.24) is 10.2 Å². The van der Waals surface area contributed by atoms with Crippen molar-refractivity contribution in [3.63, 3.8) is 0 Å². The number of likely N-dealkylation sites (tertiary alicyclic amines) is 1. The standard InChI is InChI=1S/C12H17ClN2S/c13-11-3-12(16-8-11)7-15-2-1-9-4-14-5-10(9)6-15/h3,8-10,14H,1-2,4-7H2. The number of fused-ring (bicyclic) bond motifs is 1. The summed E-state index contributed by atoms with van der Waals surface area (Å²) in [6.45, 7) is 6.04. The van der Waals surface area contributed by atoms with E-state index in [0.29, 0.717) is 0 Å². The van der Waals surface area contributed by atoms with Gasteiger partial charge >= 0.3 is 0 Å². The normalized spacial score (nSPS) is 30.6. The molecule has 2 atom stereocenters. The molecule has 2 fully saturated rings. The first kappa shape index (κ1) is 11.0. The Bertz CT molecular complexity index is 366. The lowest BCUT2D eigenvalue weighted by molar-refractivity contribution is 0.143. The molecular weight excluding hydrogens is 240 g/mol. The van der Waals surface area contributed by atoms with Gasteiger partial charge in [0.25, 0.3) is 0 Å². The fourth-order valence-electron chi connectivity index (χ4n) is 2.91. The Morgan fingerprint density at radius 1 is 1.44 bits per heavy atom. The number of nitrogens with zero attached hydrogens (tertiary/aromatic N) is 1. The second kappa shape index (κ2) is 4.65. The number of piperidine rings is 1. The fourth-order valence-corrected chi connectivity index (χ4v) is 4.03. The average molecular weight is 257 g/mol. The van der Waals surface area contributed by atoms with Crippen LogP contribution >= 0.6 is 22.9 Å². The summed E-state index contributed by atoms with van der Waals surface area (Å²) < 4.78 is 0. The van der Waals surface area contributed by atoms with E-state index < -0.39 is 0 Å². The van der Waals surface area contributed by atoms with Crippen LogP contribution in [-0.2, 0) is 6.54 Å². The SMILES string of the molecule is Clc1csc(CN2CCC3CNCC3C2)c1. The molecule has 0 radical (unpaired) electrons. The highest BCUT2D eigenvalue weighted by Crippen LogP contribution is 2.28. The molecule has 3 rings (SSSR count). The van der Waals surface area contributed by atoms with Gasteiger partial charge in [0.05, 0.1) is 5.02 Å². The first-order valence-corrected chi connectivity index (χ1v) is 7.23. The minimum atomic E-state index is 0.879. The molecule has 2 aliphatic rings. The highest BCUT2D eigenvalue weighted by atomic mass is 35.5. The predicted molar refractivity (Wildman–Crippen MR) is 69.1 cm³/mol. The minimum absolute atomic E-state index is 0.879. The Labute approximate surface area is 106 Å². The van der Waals surface area contributed by atoms with E-state index in [2.05, 4.69) is 16.3 Å². The Morgan fingerprint density at radius 3 is 3.12 bits per heavy atom. The van der Waals surface area contributed by atoms with Crippen LogP contribution in [0.4, 0.5) is 0 Å². The van der Waals surface area contributed by atoms with Crippen molar-refractivity contribution in [3.8, 4) is 0 Å². The first-order chi connectivity index (χ1) is 7.81. The summed E-state index contributed by atoms with van der Waals surface area (Å²) >= 11 is 7.73. The van der Waals surface area contributed by atoms with Gasteiger partial charge in [0, 0.05) is 23.3 Å². The Morgan fingerprint density at radius 2 is 2.31 bits per heavy atom. The molecule has 4 heteroatoms. The lowest BCUT2D eigenvalue weighted by atomic mass is 9.89. The highest BCUT2D eigenvalue weighted by molar-refractivity contribution is 7.10. The average Bonchev–Trinajstić information content (AvgIpc) is 2.87. The van der Waals surface area contributed by atoms with Crippen LogP contribution in [0, 0.1) is 11.8 Å². The molecule has 0 amide bonds. The molecule has 1 aromatic heterocycles. The van der Waals surface area contributed by atoms with Crippen molar-refractivity contribution in [1.29, 1.82) is 0 Å². The van der Waals surface area contributed by atoms with E-state index in [1.165, 1.54) is 37.5 Å². The van der Waals surface area contributed by atoms with Crippen molar-refractivity contribution in [2.45, 2.75) is 13.0 Å². The molecule has 1 aromatic rings. The van der Waals surface area contributed by atoms with Crippen LogP contribution in [0.15, 0.2) is 11.4 Å². The van der Waals surface area contributed by atoms with Gasteiger partial charge in [0.15, 0.2) is 0 Å². The number of thiophene rings is 1.